The Hall–Kier alpha value is -0.0800. The lowest BCUT2D eigenvalue weighted by atomic mass is 9.74. The van der Waals surface area contributed by atoms with Crippen molar-refractivity contribution in [3.63, 3.8) is 0 Å². The third-order valence-corrected chi connectivity index (χ3v) is 4.85. The van der Waals surface area contributed by atoms with Crippen molar-refractivity contribution < 1.29 is 0 Å². The fraction of sp³-hybridized carbons (Fsp3) is 1.00. The maximum Gasteiger partial charge on any atom is -0.00134 e. The van der Waals surface area contributed by atoms with E-state index in [4.69, 9.17) is 5.73 Å². The predicted molar refractivity (Wildman–Crippen MR) is 76.2 cm³/mol. The highest BCUT2D eigenvalue weighted by Gasteiger charge is 2.30. The van der Waals surface area contributed by atoms with Crippen molar-refractivity contribution in [2.75, 3.05) is 26.2 Å². The summed E-state index contributed by atoms with van der Waals surface area (Å²) >= 11 is 0. The molecule has 0 aliphatic carbocycles. The molecule has 0 bridgehead atoms. The van der Waals surface area contributed by atoms with Crippen molar-refractivity contribution in [3.05, 3.63) is 0 Å². The van der Waals surface area contributed by atoms with Crippen molar-refractivity contribution in [2.45, 2.75) is 65.2 Å². The molecule has 1 rings (SSSR count). The van der Waals surface area contributed by atoms with Gasteiger partial charge in [-0.3, -0.25) is 0 Å². The Morgan fingerprint density at radius 2 is 1.53 bits per heavy atom. The first-order valence-electron chi connectivity index (χ1n) is 7.69. The second-order valence-corrected chi connectivity index (χ2v) is 5.75. The van der Waals surface area contributed by atoms with Gasteiger partial charge in [0.25, 0.3) is 0 Å². The lowest BCUT2D eigenvalue weighted by Gasteiger charge is -2.41. The molecule has 0 unspecified atom stereocenters. The Bertz CT molecular complexity index is 177. The van der Waals surface area contributed by atoms with Crippen molar-refractivity contribution in [1.29, 1.82) is 0 Å². The average molecular weight is 240 g/mol. The quantitative estimate of drug-likeness (QED) is 0.659. The third kappa shape index (κ3) is 4.97. The molecule has 2 nitrogen and oxygen atoms in total. The van der Waals surface area contributed by atoms with Crippen LogP contribution in [0.4, 0.5) is 0 Å². The zero-order valence-electron chi connectivity index (χ0n) is 12.0. The molecule has 0 spiro atoms. The number of nitrogens with zero attached hydrogens (tertiary/aromatic N) is 1. The monoisotopic (exact) mass is 240 g/mol. The highest BCUT2D eigenvalue weighted by Crippen LogP contribution is 2.37. The zero-order chi connectivity index (χ0) is 12.6. The van der Waals surface area contributed by atoms with E-state index in [0.717, 1.165) is 6.54 Å². The molecule has 17 heavy (non-hydrogen) atoms. The van der Waals surface area contributed by atoms with Crippen LogP contribution in [0.5, 0.6) is 0 Å². The van der Waals surface area contributed by atoms with Crippen LogP contribution in [0.2, 0.25) is 0 Å². The molecule has 0 aromatic rings. The van der Waals surface area contributed by atoms with Gasteiger partial charge in [0.15, 0.2) is 0 Å². The minimum absolute atomic E-state index is 0.677. The largest absolute Gasteiger partial charge is 0.330 e. The van der Waals surface area contributed by atoms with Gasteiger partial charge < -0.3 is 10.6 Å². The first-order valence-corrected chi connectivity index (χ1v) is 7.69. The summed E-state index contributed by atoms with van der Waals surface area (Å²) in [6, 6.07) is 0. The van der Waals surface area contributed by atoms with E-state index in [2.05, 4.69) is 18.7 Å². The minimum atomic E-state index is 0.677. The van der Waals surface area contributed by atoms with Gasteiger partial charge in [0.05, 0.1) is 0 Å². The SMILES string of the molecule is CCC1(CC)CCN(CCCCCCN)CC1. The van der Waals surface area contributed by atoms with Gasteiger partial charge >= 0.3 is 0 Å². The van der Waals surface area contributed by atoms with E-state index >= 15 is 0 Å². The minimum Gasteiger partial charge on any atom is -0.330 e. The predicted octanol–water partition coefficient (Wildman–Crippen LogP) is 3.41. The summed E-state index contributed by atoms with van der Waals surface area (Å²) in [6.45, 7) is 9.57. The third-order valence-electron chi connectivity index (χ3n) is 4.85. The van der Waals surface area contributed by atoms with Gasteiger partial charge in [0.2, 0.25) is 0 Å². The zero-order valence-corrected chi connectivity index (χ0v) is 12.0. The molecule has 0 atom stereocenters. The molecule has 2 heteroatoms. The van der Waals surface area contributed by atoms with Gasteiger partial charge in [0, 0.05) is 0 Å². The van der Waals surface area contributed by atoms with Crippen LogP contribution in [-0.4, -0.2) is 31.1 Å². The van der Waals surface area contributed by atoms with Crippen molar-refractivity contribution in [1.82, 2.24) is 4.90 Å². The van der Waals surface area contributed by atoms with Crippen LogP contribution in [0, 0.1) is 5.41 Å². The Labute approximate surface area is 108 Å². The lowest BCUT2D eigenvalue weighted by molar-refractivity contribution is 0.0942. The van der Waals surface area contributed by atoms with E-state index in [0.29, 0.717) is 5.41 Å². The number of hydrogen-bond donors (Lipinski definition) is 1. The molecule has 102 valence electrons. The van der Waals surface area contributed by atoms with E-state index in [1.165, 1.54) is 71.0 Å². The topological polar surface area (TPSA) is 29.3 Å². The normalized spacial score (nSPS) is 20.6. The smallest absolute Gasteiger partial charge is 0.00134 e. The lowest BCUT2D eigenvalue weighted by Crippen LogP contribution is -2.39. The Balaban J connectivity index is 2.10. The molecule has 0 radical (unpaired) electrons. The summed E-state index contributed by atoms with van der Waals surface area (Å²) in [4.78, 5) is 2.67. The molecular weight excluding hydrogens is 208 g/mol. The van der Waals surface area contributed by atoms with E-state index in [9.17, 15) is 0 Å². The number of likely N-dealkylation sites (tertiary alicyclic amines) is 1. The molecule has 1 aliphatic rings. The van der Waals surface area contributed by atoms with Crippen LogP contribution in [-0.2, 0) is 0 Å². The Morgan fingerprint density at radius 1 is 0.941 bits per heavy atom. The van der Waals surface area contributed by atoms with Gasteiger partial charge in [-0.25, -0.2) is 0 Å². The molecule has 0 amide bonds. The summed E-state index contributed by atoms with van der Waals surface area (Å²) in [7, 11) is 0. The number of hydrogen-bond acceptors (Lipinski definition) is 2. The Kier molecular flexibility index (Phi) is 7.14. The summed E-state index contributed by atoms with van der Waals surface area (Å²) in [6.07, 6.45) is 10.8. The summed E-state index contributed by atoms with van der Waals surface area (Å²) in [5.74, 6) is 0. The van der Waals surface area contributed by atoms with Crippen molar-refractivity contribution in [3.8, 4) is 0 Å². The van der Waals surface area contributed by atoms with Gasteiger partial charge in [-0.2, -0.15) is 0 Å². The van der Waals surface area contributed by atoms with Crippen molar-refractivity contribution in [2.24, 2.45) is 11.1 Å². The molecule has 1 fully saturated rings. The molecular formula is C15H32N2. The molecule has 2 N–H and O–H groups in total. The van der Waals surface area contributed by atoms with Gasteiger partial charge in [0.1, 0.15) is 0 Å². The fourth-order valence-electron chi connectivity index (χ4n) is 3.04. The first kappa shape index (κ1) is 15.0. The highest BCUT2D eigenvalue weighted by molar-refractivity contribution is 4.83. The van der Waals surface area contributed by atoms with Crippen LogP contribution in [0.15, 0.2) is 0 Å². The summed E-state index contributed by atoms with van der Waals surface area (Å²) in [5.41, 5.74) is 6.18. The van der Waals surface area contributed by atoms with Crippen molar-refractivity contribution >= 4 is 0 Å². The molecule has 1 saturated heterocycles. The summed E-state index contributed by atoms with van der Waals surface area (Å²) in [5, 5.41) is 0. The fourth-order valence-corrected chi connectivity index (χ4v) is 3.04. The molecule has 1 aliphatic heterocycles. The van der Waals surface area contributed by atoms with E-state index in [-0.39, 0.29) is 0 Å². The van der Waals surface area contributed by atoms with E-state index in [1.807, 2.05) is 0 Å². The van der Waals surface area contributed by atoms with Crippen LogP contribution >= 0.6 is 0 Å². The standard InChI is InChI=1S/C15H32N2/c1-3-15(4-2)9-13-17(14-10-15)12-8-6-5-7-11-16/h3-14,16H2,1-2H3. The maximum atomic E-state index is 5.50. The average Bonchev–Trinajstić information content (AvgIpc) is 2.39. The van der Waals surface area contributed by atoms with E-state index < -0.39 is 0 Å². The van der Waals surface area contributed by atoms with Crippen LogP contribution in [0.3, 0.4) is 0 Å². The highest BCUT2D eigenvalue weighted by atomic mass is 15.1. The molecule has 0 saturated carbocycles. The van der Waals surface area contributed by atoms with Gasteiger partial charge in [-0.1, -0.05) is 39.5 Å². The molecule has 0 aromatic heterocycles. The number of unbranched alkanes of at least 4 members (excludes halogenated alkanes) is 3. The van der Waals surface area contributed by atoms with Crippen LogP contribution in [0.25, 0.3) is 0 Å². The molecule has 1 heterocycles. The second-order valence-electron chi connectivity index (χ2n) is 5.75. The van der Waals surface area contributed by atoms with E-state index in [1.54, 1.807) is 0 Å². The number of nitrogens with two attached hydrogens (primary N) is 1. The summed E-state index contributed by atoms with van der Waals surface area (Å²) < 4.78 is 0. The molecule has 0 aromatic carbocycles. The maximum absolute atomic E-state index is 5.50. The number of piperidine rings is 1. The second kappa shape index (κ2) is 8.10. The van der Waals surface area contributed by atoms with Crippen LogP contribution in [0.1, 0.15) is 65.2 Å². The number of rotatable bonds is 8. The Morgan fingerprint density at radius 3 is 2.06 bits per heavy atom. The van der Waals surface area contributed by atoms with Crippen LogP contribution < -0.4 is 5.73 Å². The van der Waals surface area contributed by atoms with Gasteiger partial charge in [-0.05, 0) is 57.3 Å². The first-order chi connectivity index (χ1) is 8.26. The van der Waals surface area contributed by atoms with Gasteiger partial charge in [-0.15, -0.1) is 0 Å².